The third kappa shape index (κ3) is 5.53. The van der Waals surface area contributed by atoms with E-state index in [4.69, 9.17) is 0 Å². The van der Waals surface area contributed by atoms with Crippen molar-refractivity contribution in [2.45, 2.75) is 30.7 Å². The largest absolute Gasteiger partial charge is 0.353 e. The number of hydrogen-bond acceptors (Lipinski definition) is 3. The van der Waals surface area contributed by atoms with Gasteiger partial charge in [-0.2, -0.15) is 0 Å². The molecule has 2 aromatic carbocycles. The van der Waals surface area contributed by atoms with E-state index in [2.05, 4.69) is 5.32 Å². The molecule has 0 radical (unpaired) electrons. The Morgan fingerprint density at radius 1 is 1.00 bits per heavy atom. The van der Waals surface area contributed by atoms with Crippen molar-refractivity contribution in [3.05, 3.63) is 66.2 Å². The number of hydrogen-bond donors (Lipinski definition) is 1. The van der Waals surface area contributed by atoms with Crippen molar-refractivity contribution in [2.75, 3.05) is 5.75 Å². The molecule has 1 amide bonds. The Morgan fingerprint density at radius 2 is 1.57 bits per heavy atom. The van der Waals surface area contributed by atoms with Gasteiger partial charge in [0.05, 0.1) is 4.90 Å². The van der Waals surface area contributed by atoms with Crippen LogP contribution >= 0.6 is 0 Å². The molecular formula is C18H21NO3S. The maximum absolute atomic E-state index is 12.1. The molecule has 2 rings (SSSR count). The number of benzene rings is 2. The van der Waals surface area contributed by atoms with Crippen molar-refractivity contribution in [1.82, 2.24) is 5.32 Å². The zero-order valence-electron chi connectivity index (χ0n) is 13.1. The lowest BCUT2D eigenvalue weighted by Crippen LogP contribution is -2.37. The van der Waals surface area contributed by atoms with E-state index in [1.54, 1.807) is 18.2 Å². The molecular weight excluding hydrogens is 310 g/mol. The van der Waals surface area contributed by atoms with Crippen LogP contribution in [0, 0.1) is 0 Å². The van der Waals surface area contributed by atoms with Crippen LogP contribution in [0.15, 0.2) is 65.6 Å². The normalized spacial score (nSPS) is 12.6. The highest BCUT2D eigenvalue weighted by Gasteiger charge is 2.19. The van der Waals surface area contributed by atoms with Crippen molar-refractivity contribution in [3.8, 4) is 0 Å². The lowest BCUT2D eigenvalue weighted by molar-refractivity contribution is -0.119. The first-order valence-electron chi connectivity index (χ1n) is 7.58. The second-order valence-corrected chi connectivity index (χ2v) is 7.55. The summed E-state index contributed by atoms with van der Waals surface area (Å²) in [6.45, 7) is 1.88. The third-order valence-corrected chi connectivity index (χ3v) is 5.17. The smallest absolute Gasteiger partial charge is 0.235 e. The number of carbonyl (C=O) groups excluding carboxylic acids is 1. The molecule has 0 aromatic heterocycles. The summed E-state index contributed by atoms with van der Waals surface area (Å²) in [5.41, 5.74) is 1.20. The molecule has 0 bridgehead atoms. The Bertz CT molecular complexity index is 727. The van der Waals surface area contributed by atoms with Crippen LogP contribution in [0.25, 0.3) is 0 Å². The highest BCUT2D eigenvalue weighted by Crippen LogP contribution is 2.10. The molecule has 5 heteroatoms. The molecule has 0 saturated heterocycles. The van der Waals surface area contributed by atoms with Crippen LogP contribution in [0.3, 0.4) is 0 Å². The van der Waals surface area contributed by atoms with Crippen molar-refractivity contribution in [1.29, 1.82) is 0 Å². The van der Waals surface area contributed by atoms with Gasteiger partial charge < -0.3 is 5.32 Å². The van der Waals surface area contributed by atoms with Gasteiger partial charge in [0, 0.05) is 6.04 Å². The maximum Gasteiger partial charge on any atom is 0.235 e. The van der Waals surface area contributed by atoms with E-state index in [1.807, 2.05) is 37.3 Å². The van der Waals surface area contributed by atoms with E-state index in [0.717, 1.165) is 12.8 Å². The molecule has 0 aliphatic heterocycles. The van der Waals surface area contributed by atoms with Gasteiger partial charge in [-0.15, -0.1) is 0 Å². The summed E-state index contributed by atoms with van der Waals surface area (Å²) in [6, 6.07) is 17.9. The van der Waals surface area contributed by atoms with Crippen LogP contribution in [0.1, 0.15) is 18.9 Å². The molecule has 4 nitrogen and oxygen atoms in total. The molecule has 122 valence electrons. The molecule has 23 heavy (non-hydrogen) atoms. The van der Waals surface area contributed by atoms with Crippen molar-refractivity contribution < 1.29 is 13.2 Å². The van der Waals surface area contributed by atoms with Crippen LogP contribution in [-0.2, 0) is 21.1 Å². The Kier molecular flexibility index (Phi) is 5.93. The van der Waals surface area contributed by atoms with E-state index in [0.29, 0.717) is 0 Å². The van der Waals surface area contributed by atoms with Crippen LogP contribution in [0.2, 0.25) is 0 Å². The van der Waals surface area contributed by atoms with Crippen molar-refractivity contribution in [3.63, 3.8) is 0 Å². The van der Waals surface area contributed by atoms with Gasteiger partial charge in [-0.25, -0.2) is 8.42 Å². The molecule has 1 unspecified atom stereocenters. The fourth-order valence-corrected chi connectivity index (χ4v) is 3.47. The van der Waals surface area contributed by atoms with Gasteiger partial charge >= 0.3 is 0 Å². The molecule has 1 atom stereocenters. The van der Waals surface area contributed by atoms with Gasteiger partial charge in [0.15, 0.2) is 9.84 Å². The number of rotatable bonds is 7. The zero-order chi connectivity index (χ0) is 16.7. The first kappa shape index (κ1) is 17.2. The quantitative estimate of drug-likeness (QED) is 0.848. The number of aryl methyl sites for hydroxylation is 1. The van der Waals surface area contributed by atoms with Crippen molar-refractivity contribution >= 4 is 15.7 Å². The zero-order valence-corrected chi connectivity index (χ0v) is 13.9. The Hall–Kier alpha value is -2.14. The minimum Gasteiger partial charge on any atom is -0.353 e. The van der Waals surface area contributed by atoms with Crippen LogP contribution in [0.5, 0.6) is 0 Å². The van der Waals surface area contributed by atoms with Gasteiger partial charge in [-0.3, -0.25) is 4.79 Å². The van der Waals surface area contributed by atoms with Gasteiger partial charge in [-0.05, 0) is 37.5 Å². The highest BCUT2D eigenvalue weighted by molar-refractivity contribution is 7.92. The molecule has 0 aliphatic rings. The standard InChI is InChI=1S/C18H21NO3S/c1-15(12-13-16-8-4-2-5-9-16)19-18(20)14-23(21,22)17-10-6-3-7-11-17/h2-11,15H,12-14H2,1H3,(H,19,20). The van der Waals surface area contributed by atoms with Crippen LogP contribution in [0.4, 0.5) is 0 Å². The second kappa shape index (κ2) is 7.92. The van der Waals surface area contributed by atoms with E-state index in [9.17, 15) is 13.2 Å². The summed E-state index contributed by atoms with van der Waals surface area (Å²) in [5, 5.41) is 2.76. The van der Waals surface area contributed by atoms with E-state index in [-0.39, 0.29) is 10.9 Å². The van der Waals surface area contributed by atoms with E-state index >= 15 is 0 Å². The Labute approximate surface area is 137 Å². The first-order valence-corrected chi connectivity index (χ1v) is 9.24. The lowest BCUT2D eigenvalue weighted by Gasteiger charge is -2.14. The van der Waals surface area contributed by atoms with Gasteiger partial charge in [0.25, 0.3) is 0 Å². The summed E-state index contributed by atoms with van der Waals surface area (Å²) in [7, 11) is -3.58. The summed E-state index contributed by atoms with van der Waals surface area (Å²) >= 11 is 0. The van der Waals surface area contributed by atoms with Crippen molar-refractivity contribution in [2.24, 2.45) is 0 Å². The van der Waals surface area contributed by atoms with Gasteiger partial charge in [0.1, 0.15) is 5.75 Å². The number of nitrogens with one attached hydrogen (secondary N) is 1. The number of sulfone groups is 1. The summed E-state index contributed by atoms with van der Waals surface area (Å²) in [6.07, 6.45) is 1.61. The van der Waals surface area contributed by atoms with Crippen LogP contribution in [-0.4, -0.2) is 26.1 Å². The molecule has 2 aromatic rings. The molecule has 0 aliphatic carbocycles. The minimum atomic E-state index is -3.58. The maximum atomic E-state index is 12.1. The highest BCUT2D eigenvalue weighted by atomic mass is 32.2. The summed E-state index contributed by atoms with van der Waals surface area (Å²) in [4.78, 5) is 12.1. The summed E-state index contributed by atoms with van der Waals surface area (Å²) in [5.74, 6) is -0.985. The molecule has 0 saturated carbocycles. The molecule has 0 spiro atoms. The molecule has 1 N–H and O–H groups in total. The number of amides is 1. The summed E-state index contributed by atoms with van der Waals surface area (Å²) < 4.78 is 24.3. The molecule has 0 heterocycles. The topological polar surface area (TPSA) is 63.2 Å². The first-order chi connectivity index (χ1) is 11.0. The SMILES string of the molecule is CC(CCc1ccccc1)NC(=O)CS(=O)(=O)c1ccccc1. The predicted molar refractivity (Wildman–Crippen MR) is 90.9 cm³/mol. The minimum absolute atomic E-state index is 0.0753. The average Bonchev–Trinajstić information content (AvgIpc) is 2.54. The fourth-order valence-electron chi connectivity index (χ4n) is 2.30. The second-order valence-electron chi connectivity index (χ2n) is 5.56. The fraction of sp³-hybridized carbons (Fsp3) is 0.278. The predicted octanol–water partition coefficient (Wildman–Crippen LogP) is 2.60. The van der Waals surface area contributed by atoms with E-state index in [1.165, 1.54) is 17.7 Å². The monoisotopic (exact) mass is 331 g/mol. The average molecular weight is 331 g/mol. The third-order valence-electron chi connectivity index (χ3n) is 3.54. The molecule has 0 fully saturated rings. The van der Waals surface area contributed by atoms with E-state index < -0.39 is 21.5 Å². The number of carbonyl (C=O) groups is 1. The van der Waals surface area contributed by atoms with Gasteiger partial charge in [-0.1, -0.05) is 48.5 Å². The lowest BCUT2D eigenvalue weighted by atomic mass is 10.1. The van der Waals surface area contributed by atoms with Gasteiger partial charge in [0.2, 0.25) is 5.91 Å². The Balaban J connectivity index is 1.84. The van der Waals surface area contributed by atoms with Crippen LogP contribution < -0.4 is 5.32 Å². The Morgan fingerprint density at radius 3 is 2.17 bits per heavy atom.